The highest BCUT2D eigenvalue weighted by Gasteiger charge is 2.52. The number of hydrogen-bond donors (Lipinski definition) is 2. The molecule has 0 spiro atoms. The number of rotatable bonds is 2. The molecule has 1 heterocycles. The molecule has 4 nitrogen and oxygen atoms in total. The molecule has 1 aliphatic rings. The molecule has 1 aromatic carbocycles. The maximum absolute atomic E-state index is 13.1. The maximum Gasteiger partial charge on any atom is 0.417 e. The van der Waals surface area contributed by atoms with Gasteiger partial charge in [0.25, 0.3) is 0 Å². The van der Waals surface area contributed by atoms with Crippen LogP contribution in [0, 0.1) is 11.3 Å². The van der Waals surface area contributed by atoms with Crippen LogP contribution in [0.2, 0.25) is 0 Å². The van der Waals surface area contributed by atoms with Crippen LogP contribution in [0.25, 0.3) is 0 Å². The van der Waals surface area contributed by atoms with Gasteiger partial charge in [-0.2, -0.15) is 31.6 Å². The molecule has 0 saturated carbocycles. The van der Waals surface area contributed by atoms with Crippen molar-refractivity contribution in [3.05, 3.63) is 34.9 Å². The summed E-state index contributed by atoms with van der Waals surface area (Å²) >= 11 is 0. The molecular formula is C14H10F6N2O2. The largest absolute Gasteiger partial charge is 0.480 e. The van der Waals surface area contributed by atoms with Gasteiger partial charge in [-0.05, 0) is 24.1 Å². The second-order valence-electron chi connectivity index (χ2n) is 5.33. The van der Waals surface area contributed by atoms with Crippen molar-refractivity contribution in [2.24, 2.45) is 0 Å². The van der Waals surface area contributed by atoms with Gasteiger partial charge in [-0.15, -0.1) is 0 Å². The summed E-state index contributed by atoms with van der Waals surface area (Å²) in [7, 11) is 0. The summed E-state index contributed by atoms with van der Waals surface area (Å²) in [5, 5.41) is 19.5. The molecule has 0 bridgehead atoms. The van der Waals surface area contributed by atoms with E-state index >= 15 is 0 Å². The summed E-state index contributed by atoms with van der Waals surface area (Å²) in [6, 6.07) is -0.209. The van der Waals surface area contributed by atoms with Crippen LogP contribution in [0.3, 0.4) is 0 Å². The van der Waals surface area contributed by atoms with Crippen LogP contribution >= 0.6 is 0 Å². The van der Waals surface area contributed by atoms with Crippen molar-refractivity contribution in [2.75, 3.05) is 0 Å². The van der Waals surface area contributed by atoms with Crippen molar-refractivity contribution in [3.8, 4) is 6.07 Å². The van der Waals surface area contributed by atoms with E-state index in [1.807, 2.05) is 5.32 Å². The topological polar surface area (TPSA) is 73.1 Å². The molecule has 1 unspecified atom stereocenters. The average molecular weight is 352 g/mol. The third-order valence-electron chi connectivity index (χ3n) is 3.82. The lowest BCUT2D eigenvalue weighted by Gasteiger charge is -2.23. The number of halogens is 6. The zero-order valence-electron chi connectivity index (χ0n) is 11.7. The first kappa shape index (κ1) is 18.1. The third-order valence-corrected chi connectivity index (χ3v) is 3.82. The van der Waals surface area contributed by atoms with E-state index in [0.29, 0.717) is 6.07 Å². The molecule has 1 aromatic rings. The summed E-state index contributed by atoms with van der Waals surface area (Å²) in [5.41, 5.74) is -2.38. The first-order chi connectivity index (χ1) is 10.9. The van der Waals surface area contributed by atoms with E-state index < -0.39 is 53.9 Å². The zero-order chi connectivity index (χ0) is 18.3. The van der Waals surface area contributed by atoms with Gasteiger partial charge in [-0.25, -0.2) is 0 Å². The molecule has 2 rings (SSSR count). The number of carbonyl (C=O) groups is 1. The second-order valence-corrected chi connectivity index (χ2v) is 5.33. The van der Waals surface area contributed by atoms with Crippen molar-refractivity contribution in [1.29, 1.82) is 5.26 Å². The van der Waals surface area contributed by atoms with Gasteiger partial charge >= 0.3 is 18.3 Å². The number of aliphatic carboxylic acids is 1. The standard InChI is InChI=1S/C14H10F6N2O2/c15-13(16,17)9-3-6(1-2-7(9)5-21)8-4-10(12(23)24)22-11(8)14(18,19)20/h1-3,8,10-11,22H,4H2,(H,23,24)/t8?,10-,11+/m0/s1. The average Bonchev–Trinajstić information content (AvgIpc) is 2.91. The normalized spacial score (nSPS) is 24.6. The molecule has 0 aliphatic carbocycles. The van der Waals surface area contributed by atoms with Crippen molar-refractivity contribution in [3.63, 3.8) is 0 Å². The van der Waals surface area contributed by atoms with E-state index in [1.54, 1.807) is 0 Å². The van der Waals surface area contributed by atoms with Gasteiger partial charge in [0.15, 0.2) is 0 Å². The summed E-state index contributed by atoms with van der Waals surface area (Å²) in [6.45, 7) is 0. The van der Waals surface area contributed by atoms with Crippen LogP contribution < -0.4 is 5.32 Å². The molecule has 2 N–H and O–H groups in total. The molecule has 130 valence electrons. The summed E-state index contributed by atoms with van der Waals surface area (Å²) in [5.74, 6) is -3.02. The van der Waals surface area contributed by atoms with Crippen molar-refractivity contribution in [1.82, 2.24) is 5.32 Å². The van der Waals surface area contributed by atoms with Gasteiger partial charge < -0.3 is 5.11 Å². The Bertz CT molecular complexity index is 692. The molecule has 0 amide bonds. The van der Waals surface area contributed by atoms with Crippen LogP contribution in [0.1, 0.15) is 29.0 Å². The molecular weight excluding hydrogens is 342 g/mol. The Morgan fingerprint density at radius 1 is 1.25 bits per heavy atom. The fraction of sp³-hybridized carbons (Fsp3) is 0.429. The fourth-order valence-electron chi connectivity index (χ4n) is 2.74. The molecule has 10 heteroatoms. The monoisotopic (exact) mass is 352 g/mol. The highest BCUT2D eigenvalue weighted by atomic mass is 19.4. The lowest BCUT2D eigenvalue weighted by Crippen LogP contribution is -2.45. The number of alkyl halides is 6. The molecule has 1 saturated heterocycles. The second kappa shape index (κ2) is 5.98. The minimum atomic E-state index is -4.91. The van der Waals surface area contributed by atoms with Gasteiger partial charge in [0.1, 0.15) is 12.1 Å². The van der Waals surface area contributed by atoms with Gasteiger partial charge in [0.05, 0.1) is 17.2 Å². The first-order valence-electron chi connectivity index (χ1n) is 6.62. The minimum Gasteiger partial charge on any atom is -0.480 e. The van der Waals surface area contributed by atoms with Gasteiger partial charge in [0, 0.05) is 5.92 Å². The molecule has 24 heavy (non-hydrogen) atoms. The lowest BCUT2D eigenvalue weighted by molar-refractivity contribution is -0.157. The summed E-state index contributed by atoms with van der Waals surface area (Å²) in [6.07, 6.45) is -10.3. The number of nitriles is 1. The maximum atomic E-state index is 13.1. The predicted molar refractivity (Wildman–Crippen MR) is 67.9 cm³/mol. The van der Waals surface area contributed by atoms with Gasteiger partial charge in [0.2, 0.25) is 0 Å². The third kappa shape index (κ3) is 3.46. The Morgan fingerprint density at radius 3 is 2.33 bits per heavy atom. The fourth-order valence-corrected chi connectivity index (χ4v) is 2.74. The number of benzene rings is 1. The zero-order valence-corrected chi connectivity index (χ0v) is 11.7. The first-order valence-corrected chi connectivity index (χ1v) is 6.62. The number of nitrogens with one attached hydrogen (secondary N) is 1. The van der Waals surface area contributed by atoms with E-state index in [1.165, 1.54) is 6.07 Å². The predicted octanol–water partition coefficient (Wildman–Crippen LogP) is 3.04. The van der Waals surface area contributed by atoms with Crippen LogP contribution in [-0.2, 0) is 11.0 Å². The van der Waals surface area contributed by atoms with Crippen LogP contribution in [0.15, 0.2) is 18.2 Å². The Morgan fingerprint density at radius 2 is 1.88 bits per heavy atom. The van der Waals surface area contributed by atoms with Crippen LogP contribution in [0.4, 0.5) is 26.3 Å². The molecule has 1 fully saturated rings. The molecule has 0 radical (unpaired) electrons. The van der Waals surface area contributed by atoms with E-state index in [0.717, 1.165) is 12.1 Å². The molecule has 3 atom stereocenters. The number of carboxylic acid groups (broad SMARTS) is 1. The van der Waals surface area contributed by atoms with Crippen molar-refractivity contribution < 1.29 is 36.2 Å². The minimum absolute atomic E-state index is 0.320. The van der Waals surface area contributed by atoms with Gasteiger partial charge in [-0.3, -0.25) is 10.1 Å². The van der Waals surface area contributed by atoms with Crippen molar-refractivity contribution >= 4 is 5.97 Å². The van der Waals surface area contributed by atoms with E-state index in [2.05, 4.69) is 0 Å². The number of carboxylic acids is 1. The Labute approximate surface area is 131 Å². The Kier molecular flexibility index (Phi) is 4.50. The Balaban J connectivity index is 2.49. The van der Waals surface area contributed by atoms with E-state index in [4.69, 9.17) is 10.4 Å². The quantitative estimate of drug-likeness (QED) is 0.803. The Hall–Kier alpha value is -2.28. The van der Waals surface area contributed by atoms with Gasteiger partial charge in [-0.1, -0.05) is 6.07 Å². The SMILES string of the molecule is N#Cc1ccc(C2C[C@@H](C(=O)O)N[C@H]2C(F)(F)F)cc1C(F)(F)F. The van der Waals surface area contributed by atoms with Crippen molar-refractivity contribution in [2.45, 2.75) is 36.8 Å². The summed E-state index contributed by atoms with van der Waals surface area (Å²) < 4.78 is 78.1. The molecule has 0 aromatic heterocycles. The summed E-state index contributed by atoms with van der Waals surface area (Å²) in [4.78, 5) is 10.9. The van der Waals surface area contributed by atoms with E-state index in [-0.39, 0.29) is 5.56 Å². The highest BCUT2D eigenvalue weighted by Crippen LogP contribution is 2.41. The van der Waals surface area contributed by atoms with E-state index in [9.17, 15) is 31.1 Å². The van der Waals surface area contributed by atoms with Crippen LogP contribution in [0.5, 0.6) is 0 Å². The number of hydrogen-bond acceptors (Lipinski definition) is 3. The molecule has 1 aliphatic heterocycles. The van der Waals surface area contributed by atoms with Crippen LogP contribution in [-0.4, -0.2) is 29.3 Å². The highest BCUT2D eigenvalue weighted by molar-refractivity contribution is 5.74. The number of nitrogens with zero attached hydrogens (tertiary/aromatic N) is 1. The smallest absolute Gasteiger partial charge is 0.417 e. The lowest BCUT2D eigenvalue weighted by atomic mass is 9.88.